The standard InChI is InChI=1S/C11H21NO3/c1-11(2,3)15-10(13)6-8-4-5-9(7-12)14-8/h8-9H,4-7,12H2,1-3H3/t8-,9+/m1/s1. The summed E-state index contributed by atoms with van der Waals surface area (Å²) < 4.78 is 10.8. The molecule has 1 rings (SSSR count). The van der Waals surface area contributed by atoms with Gasteiger partial charge in [-0.05, 0) is 33.6 Å². The Morgan fingerprint density at radius 1 is 1.40 bits per heavy atom. The van der Waals surface area contributed by atoms with Crippen molar-refractivity contribution in [2.24, 2.45) is 5.73 Å². The lowest BCUT2D eigenvalue weighted by Gasteiger charge is -2.20. The Labute approximate surface area is 91.1 Å². The Morgan fingerprint density at radius 2 is 2.00 bits per heavy atom. The lowest BCUT2D eigenvalue weighted by molar-refractivity contribution is -0.157. The molecule has 1 aliphatic heterocycles. The molecule has 0 saturated carbocycles. The molecule has 0 aliphatic carbocycles. The van der Waals surface area contributed by atoms with E-state index in [2.05, 4.69) is 0 Å². The first-order chi connectivity index (χ1) is 6.90. The number of nitrogens with two attached hydrogens (primary N) is 1. The number of hydrogen-bond acceptors (Lipinski definition) is 4. The van der Waals surface area contributed by atoms with E-state index in [0.717, 1.165) is 12.8 Å². The van der Waals surface area contributed by atoms with E-state index in [0.29, 0.717) is 13.0 Å². The third kappa shape index (κ3) is 4.62. The smallest absolute Gasteiger partial charge is 0.308 e. The zero-order valence-electron chi connectivity index (χ0n) is 9.79. The third-order valence-corrected chi connectivity index (χ3v) is 2.27. The van der Waals surface area contributed by atoms with Crippen LogP contribution < -0.4 is 5.73 Å². The molecule has 0 spiro atoms. The highest BCUT2D eigenvalue weighted by Crippen LogP contribution is 2.22. The highest BCUT2D eigenvalue weighted by Gasteiger charge is 2.28. The first kappa shape index (κ1) is 12.5. The molecule has 1 aliphatic rings. The second-order valence-electron chi connectivity index (χ2n) is 4.98. The summed E-state index contributed by atoms with van der Waals surface area (Å²) in [6, 6.07) is 0. The highest BCUT2D eigenvalue weighted by molar-refractivity contribution is 5.70. The van der Waals surface area contributed by atoms with E-state index < -0.39 is 5.60 Å². The maximum Gasteiger partial charge on any atom is 0.308 e. The Bertz CT molecular complexity index is 222. The van der Waals surface area contributed by atoms with E-state index in [1.165, 1.54) is 0 Å². The second kappa shape index (κ2) is 4.94. The third-order valence-electron chi connectivity index (χ3n) is 2.27. The zero-order chi connectivity index (χ0) is 11.5. The number of carbonyl (C=O) groups is 1. The van der Waals surface area contributed by atoms with Crippen LogP contribution in [0.2, 0.25) is 0 Å². The average Bonchev–Trinajstić information content (AvgIpc) is 2.48. The van der Waals surface area contributed by atoms with E-state index in [4.69, 9.17) is 15.2 Å². The van der Waals surface area contributed by atoms with Crippen LogP contribution in [0.15, 0.2) is 0 Å². The Kier molecular flexibility index (Phi) is 4.11. The van der Waals surface area contributed by atoms with Gasteiger partial charge in [-0.2, -0.15) is 0 Å². The molecule has 15 heavy (non-hydrogen) atoms. The van der Waals surface area contributed by atoms with Gasteiger partial charge in [0.15, 0.2) is 0 Å². The fourth-order valence-electron chi connectivity index (χ4n) is 1.67. The first-order valence-corrected chi connectivity index (χ1v) is 5.48. The number of carbonyl (C=O) groups excluding carboxylic acids is 1. The largest absolute Gasteiger partial charge is 0.460 e. The summed E-state index contributed by atoms with van der Waals surface area (Å²) in [7, 11) is 0. The van der Waals surface area contributed by atoms with Crippen molar-refractivity contribution in [1.29, 1.82) is 0 Å². The van der Waals surface area contributed by atoms with Gasteiger partial charge in [0.2, 0.25) is 0 Å². The van der Waals surface area contributed by atoms with Crippen molar-refractivity contribution in [3.63, 3.8) is 0 Å². The molecule has 0 aromatic rings. The van der Waals surface area contributed by atoms with Crippen LogP contribution in [-0.4, -0.2) is 30.3 Å². The van der Waals surface area contributed by atoms with Crippen molar-refractivity contribution < 1.29 is 14.3 Å². The van der Waals surface area contributed by atoms with E-state index in [1.807, 2.05) is 20.8 Å². The minimum absolute atomic E-state index is 0.00611. The summed E-state index contributed by atoms with van der Waals surface area (Å²) in [4.78, 5) is 11.5. The number of hydrogen-bond donors (Lipinski definition) is 1. The van der Waals surface area contributed by atoms with E-state index in [9.17, 15) is 4.79 Å². The molecule has 0 radical (unpaired) electrons. The van der Waals surface area contributed by atoms with E-state index >= 15 is 0 Å². The molecule has 0 bridgehead atoms. The van der Waals surface area contributed by atoms with Crippen molar-refractivity contribution in [2.45, 2.75) is 57.8 Å². The van der Waals surface area contributed by atoms with Crippen molar-refractivity contribution in [2.75, 3.05) is 6.54 Å². The molecule has 2 N–H and O–H groups in total. The summed E-state index contributed by atoms with van der Waals surface area (Å²) >= 11 is 0. The molecular formula is C11H21NO3. The van der Waals surface area contributed by atoms with Gasteiger partial charge in [-0.15, -0.1) is 0 Å². The van der Waals surface area contributed by atoms with Crippen molar-refractivity contribution >= 4 is 5.97 Å². The molecule has 4 heteroatoms. The van der Waals surface area contributed by atoms with Gasteiger partial charge in [-0.25, -0.2) is 0 Å². The van der Waals surface area contributed by atoms with Gasteiger partial charge in [-0.3, -0.25) is 4.79 Å². The van der Waals surface area contributed by atoms with Gasteiger partial charge in [-0.1, -0.05) is 0 Å². The minimum atomic E-state index is -0.414. The maximum absolute atomic E-state index is 11.5. The van der Waals surface area contributed by atoms with Crippen molar-refractivity contribution in [3.8, 4) is 0 Å². The van der Waals surface area contributed by atoms with Crippen molar-refractivity contribution in [3.05, 3.63) is 0 Å². The van der Waals surface area contributed by atoms with Crippen LogP contribution in [0.25, 0.3) is 0 Å². The van der Waals surface area contributed by atoms with Crippen LogP contribution in [0.4, 0.5) is 0 Å². The topological polar surface area (TPSA) is 61.5 Å². The SMILES string of the molecule is CC(C)(C)OC(=O)C[C@H]1CC[C@@H](CN)O1. The summed E-state index contributed by atoms with van der Waals surface area (Å²) in [5, 5.41) is 0. The zero-order valence-corrected chi connectivity index (χ0v) is 9.79. The van der Waals surface area contributed by atoms with Gasteiger partial charge in [0, 0.05) is 6.54 Å². The highest BCUT2D eigenvalue weighted by atomic mass is 16.6. The maximum atomic E-state index is 11.5. The fourth-order valence-corrected chi connectivity index (χ4v) is 1.67. The van der Waals surface area contributed by atoms with Crippen LogP contribution in [0.5, 0.6) is 0 Å². The lowest BCUT2D eigenvalue weighted by Crippen LogP contribution is -2.27. The molecule has 1 fully saturated rings. The summed E-state index contributed by atoms with van der Waals surface area (Å²) in [5.74, 6) is -0.190. The molecule has 2 atom stereocenters. The molecule has 4 nitrogen and oxygen atoms in total. The van der Waals surface area contributed by atoms with E-state index in [1.54, 1.807) is 0 Å². The van der Waals surface area contributed by atoms with Gasteiger partial charge in [0.1, 0.15) is 5.60 Å². The monoisotopic (exact) mass is 215 g/mol. The van der Waals surface area contributed by atoms with Crippen LogP contribution in [0.3, 0.4) is 0 Å². The lowest BCUT2D eigenvalue weighted by atomic mass is 10.1. The number of rotatable bonds is 3. The number of ether oxygens (including phenoxy) is 2. The molecule has 1 heterocycles. The van der Waals surface area contributed by atoms with Crippen molar-refractivity contribution in [1.82, 2.24) is 0 Å². The normalized spacial score (nSPS) is 26.7. The molecule has 0 amide bonds. The van der Waals surface area contributed by atoms with Crippen LogP contribution in [0, 0.1) is 0 Å². The van der Waals surface area contributed by atoms with Crippen LogP contribution in [-0.2, 0) is 14.3 Å². The summed E-state index contributed by atoms with van der Waals surface area (Å²) in [5.41, 5.74) is 5.07. The second-order valence-corrected chi connectivity index (χ2v) is 4.98. The molecule has 88 valence electrons. The molecule has 0 aromatic carbocycles. The minimum Gasteiger partial charge on any atom is -0.460 e. The fraction of sp³-hybridized carbons (Fsp3) is 0.909. The predicted molar refractivity (Wildman–Crippen MR) is 57.4 cm³/mol. The quantitative estimate of drug-likeness (QED) is 0.719. The van der Waals surface area contributed by atoms with Crippen LogP contribution >= 0.6 is 0 Å². The Morgan fingerprint density at radius 3 is 2.47 bits per heavy atom. The number of esters is 1. The average molecular weight is 215 g/mol. The Hall–Kier alpha value is -0.610. The van der Waals surface area contributed by atoms with Gasteiger partial charge in [0.05, 0.1) is 18.6 Å². The first-order valence-electron chi connectivity index (χ1n) is 5.48. The van der Waals surface area contributed by atoms with Gasteiger partial charge >= 0.3 is 5.97 Å². The summed E-state index contributed by atoms with van der Waals surface area (Å²) in [6.07, 6.45) is 2.31. The predicted octanol–water partition coefficient (Wildman–Crippen LogP) is 1.22. The molecule has 0 unspecified atom stereocenters. The molecule has 1 saturated heterocycles. The van der Waals surface area contributed by atoms with E-state index in [-0.39, 0.29) is 18.2 Å². The Balaban J connectivity index is 2.28. The molecular weight excluding hydrogens is 194 g/mol. The van der Waals surface area contributed by atoms with Crippen LogP contribution in [0.1, 0.15) is 40.0 Å². The van der Waals surface area contributed by atoms with Gasteiger partial charge < -0.3 is 15.2 Å². The summed E-state index contributed by atoms with van der Waals surface area (Å²) in [6.45, 7) is 6.13. The van der Waals surface area contributed by atoms with Gasteiger partial charge in [0.25, 0.3) is 0 Å². The molecule has 0 aromatic heterocycles.